The molecule has 0 aliphatic heterocycles. The van der Waals surface area contributed by atoms with Gasteiger partial charge in [0.1, 0.15) is 0 Å². The number of hydrogen-bond acceptors (Lipinski definition) is 4. The zero-order valence-electron chi connectivity index (χ0n) is 10.3. The second-order valence-electron chi connectivity index (χ2n) is 4.49. The van der Waals surface area contributed by atoms with Gasteiger partial charge in [0.15, 0.2) is 10.8 Å². The number of ether oxygens (including phenoxy) is 1. The van der Waals surface area contributed by atoms with Crippen molar-refractivity contribution >= 4 is 17.5 Å². The third-order valence-corrected chi connectivity index (χ3v) is 3.02. The second-order valence-corrected chi connectivity index (χ2v) is 4.87. The molecule has 0 spiro atoms. The van der Waals surface area contributed by atoms with Gasteiger partial charge >= 0.3 is 0 Å². The van der Waals surface area contributed by atoms with Crippen LogP contribution >= 0.6 is 11.6 Å². The molecule has 0 radical (unpaired) electrons. The van der Waals surface area contributed by atoms with Crippen molar-refractivity contribution in [2.45, 2.75) is 12.8 Å². The molecule has 98 valence electrons. The lowest BCUT2D eigenvalue weighted by Crippen LogP contribution is -2.31. The van der Waals surface area contributed by atoms with Gasteiger partial charge in [0, 0.05) is 20.2 Å². The lowest BCUT2D eigenvalue weighted by atomic mass is 10.3. The Morgan fingerprint density at radius 1 is 1.50 bits per heavy atom. The van der Waals surface area contributed by atoms with Crippen molar-refractivity contribution in [2.24, 2.45) is 5.92 Å². The number of carbonyl (C=O) groups is 1. The lowest BCUT2D eigenvalue weighted by molar-refractivity contribution is 0.0675. The van der Waals surface area contributed by atoms with E-state index in [1.54, 1.807) is 24.1 Å². The molecule has 1 aromatic heterocycles. The number of nitrogens with zero attached hydrogens (tertiary/aromatic N) is 3. The van der Waals surface area contributed by atoms with Gasteiger partial charge in [-0.3, -0.25) is 4.79 Å². The van der Waals surface area contributed by atoms with E-state index in [-0.39, 0.29) is 11.1 Å². The fourth-order valence-corrected chi connectivity index (χ4v) is 1.56. The van der Waals surface area contributed by atoms with E-state index in [9.17, 15) is 4.79 Å². The molecule has 1 saturated carbocycles. The molecule has 1 amide bonds. The van der Waals surface area contributed by atoms with Crippen molar-refractivity contribution in [1.82, 2.24) is 15.1 Å². The SMILES string of the molecule is CN(CCOCC1CC1)C(=O)c1ccc(Cl)nn1. The summed E-state index contributed by atoms with van der Waals surface area (Å²) in [6.45, 7) is 1.92. The maximum Gasteiger partial charge on any atom is 0.274 e. The van der Waals surface area contributed by atoms with E-state index in [4.69, 9.17) is 16.3 Å². The Morgan fingerprint density at radius 2 is 2.28 bits per heavy atom. The van der Waals surface area contributed by atoms with Crippen LogP contribution in [0.1, 0.15) is 23.3 Å². The van der Waals surface area contributed by atoms with Crippen molar-refractivity contribution in [1.29, 1.82) is 0 Å². The lowest BCUT2D eigenvalue weighted by Gasteiger charge is -2.16. The van der Waals surface area contributed by atoms with E-state index in [0.717, 1.165) is 12.5 Å². The quantitative estimate of drug-likeness (QED) is 0.737. The highest BCUT2D eigenvalue weighted by molar-refractivity contribution is 6.29. The minimum Gasteiger partial charge on any atom is -0.379 e. The van der Waals surface area contributed by atoms with E-state index in [1.165, 1.54) is 12.8 Å². The maximum absolute atomic E-state index is 11.9. The molecule has 0 aromatic carbocycles. The Bertz CT molecular complexity index is 406. The molecule has 0 bridgehead atoms. The summed E-state index contributed by atoms with van der Waals surface area (Å²) in [5, 5.41) is 7.68. The van der Waals surface area contributed by atoms with Crippen LogP contribution in [-0.2, 0) is 4.74 Å². The summed E-state index contributed by atoms with van der Waals surface area (Å²) in [6.07, 6.45) is 2.55. The molecule has 0 saturated heterocycles. The number of carbonyl (C=O) groups excluding carboxylic acids is 1. The van der Waals surface area contributed by atoms with Crippen LogP contribution in [0.4, 0.5) is 0 Å². The number of amides is 1. The zero-order valence-corrected chi connectivity index (χ0v) is 11.1. The third-order valence-electron chi connectivity index (χ3n) is 2.82. The molecule has 1 aliphatic rings. The van der Waals surface area contributed by atoms with Crippen molar-refractivity contribution in [3.63, 3.8) is 0 Å². The van der Waals surface area contributed by atoms with Crippen LogP contribution in [0.5, 0.6) is 0 Å². The molecular weight excluding hydrogens is 254 g/mol. The van der Waals surface area contributed by atoms with Crippen LogP contribution in [0, 0.1) is 5.92 Å². The molecule has 0 unspecified atom stereocenters. The summed E-state index contributed by atoms with van der Waals surface area (Å²) in [6, 6.07) is 3.12. The Kier molecular flexibility index (Phi) is 4.49. The average Bonchev–Trinajstić information content (AvgIpc) is 3.18. The van der Waals surface area contributed by atoms with Crippen LogP contribution < -0.4 is 0 Å². The zero-order chi connectivity index (χ0) is 13.0. The summed E-state index contributed by atoms with van der Waals surface area (Å²) < 4.78 is 5.48. The van der Waals surface area contributed by atoms with Gasteiger partial charge in [-0.1, -0.05) is 11.6 Å². The van der Waals surface area contributed by atoms with Crippen LogP contribution in [0.2, 0.25) is 5.15 Å². The Morgan fingerprint density at radius 3 is 2.89 bits per heavy atom. The van der Waals surface area contributed by atoms with Crippen LogP contribution in [0.25, 0.3) is 0 Å². The highest BCUT2D eigenvalue weighted by Gasteiger charge is 2.21. The largest absolute Gasteiger partial charge is 0.379 e. The number of halogens is 1. The molecule has 0 N–H and O–H groups in total. The molecule has 1 fully saturated rings. The fraction of sp³-hybridized carbons (Fsp3) is 0.583. The smallest absolute Gasteiger partial charge is 0.274 e. The summed E-state index contributed by atoms with van der Waals surface area (Å²) in [7, 11) is 1.72. The Hall–Kier alpha value is -1.20. The summed E-state index contributed by atoms with van der Waals surface area (Å²) in [5.41, 5.74) is 0.295. The first-order valence-electron chi connectivity index (χ1n) is 5.99. The predicted octanol–water partition coefficient (Wildman–Crippen LogP) is 1.63. The van der Waals surface area contributed by atoms with Crippen LogP contribution in [0.3, 0.4) is 0 Å². The van der Waals surface area contributed by atoms with Crippen molar-refractivity contribution in [3.8, 4) is 0 Å². The maximum atomic E-state index is 11.9. The van der Waals surface area contributed by atoms with Crippen molar-refractivity contribution in [3.05, 3.63) is 23.0 Å². The van der Waals surface area contributed by atoms with E-state index in [1.807, 2.05) is 0 Å². The van der Waals surface area contributed by atoms with Gasteiger partial charge in [0.05, 0.1) is 6.61 Å². The van der Waals surface area contributed by atoms with Crippen LogP contribution in [-0.4, -0.2) is 47.8 Å². The van der Waals surface area contributed by atoms with Gasteiger partial charge in [-0.25, -0.2) is 0 Å². The number of aromatic nitrogens is 2. The molecule has 0 atom stereocenters. The highest BCUT2D eigenvalue weighted by atomic mass is 35.5. The predicted molar refractivity (Wildman–Crippen MR) is 67.5 cm³/mol. The summed E-state index contributed by atoms with van der Waals surface area (Å²) in [4.78, 5) is 13.5. The van der Waals surface area contributed by atoms with Gasteiger partial charge in [-0.15, -0.1) is 10.2 Å². The first kappa shape index (κ1) is 13.2. The molecule has 2 rings (SSSR count). The molecule has 1 aliphatic carbocycles. The summed E-state index contributed by atoms with van der Waals surface area (Å²) >= 11 is 5.62. The topological polar surface area (TPSA) is 55.3 Å². The molecule has 1 heterocycles. The second kappa shape index (κ2) is 6.11. The van der Waals surface area contributed by atoms with E-state index in [2.05, 4.69) is 10.2 Å². The highest BCUT2D eigenvalue weighted by Crippen LogP contribution is 2.28. The average molecular weight is 270 g/mol. The van der Waals surface area contributed by atoms with Gasteiger partial charge in [-0.05, 0) is 30.9 Å². The van der Waals surface area contributed by atoms with E-state index < -0.39 is 0 Å². The first-order valence-corrected chi connectivity index (χ1v) is 6.37. The molecule has 6 heteroatoms. The number of hydrogen-bond donors (Lipinski definition) is 0. The van der Waals surface area contributed by atoms with Gasteiger partial charge in [-0.2, -0.15) is 0 Å². The summed E-state index contributed by atoms with van der Waals surface area (Å²) in [5.74, 6) is 0.572. The first-order chi connectivity index (χ1) is 8.66. The van der Waals surface area contributed by atoms with Gasteiger partial charge in [0.2, 0.25) is 0 Å². The number of rotatable bonds is 6. The number of likely N-dealkylation sites (N-methyl/N-ethyl adjacent to an activating group) is 1. The third kappa shape index (κ3) is 3.92. The molecular formula is C12H16ClN3O2. The standard InChI is InChI=1S/C12H16ClN3O2/c1-16(6-7-18-8-9-2-3-9)12(17)10-4-5-11(13)15-14-10/h4-5,9H,2-3,6-8H2,1H3. The Balaban J connectivity index is 1.74. The van der Waals surface area contributed by atoms with Crippen molar-refractivity contribution < 1.29 is 9.53 Å². The minimum atomic E-state index is -0.172. The Labute approximate surface area is 111 Å². The fourth-order valence-electron chi connectivity index (χ4n) is 1.46. The van der Waals surface area contributed by atoms with Crippen LogP contribution in [0.15, 0.2) is 12.1 Å². The molecule has 18 heavy (non-hydrogen) atoms. The van der Waals surface area contributed by atoms with E-state index in [0.29, 0.717) is 18.8 Å². The normalized spacial score (nSPS) is 14.6. The molecule has 1 aromatic rings. The van der Waals surface area contributed by atoms with E-state index >= 15 is 0 Å². The monoisotopic (exact) mass is 269 g/mol. The minimum absolute atomic E-state index is 0.172. The van der Waals surface area contributed by atoms with Crippen molar-refractivity contribution in [2.75, 3.05) is 26.8 Å². The van der Waals surface area contributed by atoms with Gasteiger partial charge < -0.3 is 9.64 Å². The molecule has 5 nitrogen and oxygen atoms in total. The van der Waals surface area contributed by atoms with Gasteiger partial charge in [0.25, 0.3) is 5.91 Å².